The molecule has 1 amide bonds. The van der Waals surface area contributed by atoms with Crippen molar-refractivity contribution in [1.82, 2.24) is 13.6 Å². The fourth-order valence-electron chi connectivity index (χ4n) is 3.55. The lowest BCUT2D eigenvalue weighted by Crippen LogP contribution is -2.50. The van der Waals surface area contributed by atoms with Gasteiger partial charge < -0.3 is 4.90 Å². The van der Waals surface area contributed by atoms with Crippen molar-refractivity contribution in [1.29, 1.82) is 0 Å². The van der Waals surface area contributed by atoms with Crippen LogP contribution in [-0.4, -0.2) is 32.1 Å². The van der Waals surface area contributed by atoms with E-state index in [1.807, 2.05) is 0 Å². The quantitative estimate of drug-likeness (QED) is 0.784. The van der Waals surface area contributed by atoms with Crippen LogP contribution in [0, 0.1) is 11.8 Å². The molecule has 2 heterocycles. The van der Waals surface area contributed by atoms with E-state index >= 15 is 0 Å². The molecule has 1 aliphatic carbocycles. The van der Waals surface area contributed by atoms with Crippen LogP contribution < -0.4 is 0 Å². The standard InChI is InChI=1S/C13H19N3OS/c1-9-4-5-12-10(7-9)3-2-6-16(12)13(17)11-8-14-18-15-11/h8-10,12H,2-7H2,1H3/t9-,10-,12-/m1/s1. The van der Waals surface area contributed by atoms with Gasteiger partial charge in [-0.15, -0.1) is 0 Å². The first-order valence-electron chi connectivity index (χ1n) is 6.84. The van der Waals surface area contributed by atoms with E-state index in [-0.39, 0.29) is 5.91 Å². The van der Waals surface area contributed by atoms with Crippen molar-refractivity contribution in [2.75, 3.05) is 6.54 Å². The fraction of sp³-hybridized carbons (Fsp3) is 0.769. The molecule has 3 atom stereocenters. The molecule has 18 heavy (non-hydrogen) atoms. The second-order valence-electron chi connectivity index (χ2n) is 5.68. The van der Waals surface area contributed by atoms with E-state index in [0.29, 0.717) is 17.7 Å². The fourth-order valence-corrected chi connectivity index (χ4v) is 3.96. The van der Waals surface area contributed by atoms with Crippen molar-refractivity contribution >= 4 is 17.6 Å². The monoisotopic (exact) mass is 265 g/mol. The molecule has 0 spiro atoms. The van der Waals surface area contributed by atoms with E-state index in [1.165, 1.54) is 19.3 Å². The minimum atomic E-state index is 0.0907. The van der Waals surface area contributed by atoms with Gasteiger partial charge in [0.2, 0.25) is 0 Å². The van der Waals surface area contributed by atoms with Gasteiger partial charge >= 0.3 is 0 Å². The van der Waals surface area contributed by atoms with Crippen LogP contribution in [0.25, 0.3) is 0 Å². The van der Waals surface area contributed by atoms with Crippen molar-refractivity contribution in [3.63, 3.8) is 0 Å². The van der Waals surface area contributed by atoms with E-state index in [2.05, 4.69) is 20.6 Å². The van der Waals surface area contributed by atoms with Crippen LogP contribution in [0.4, 0.5) is 0 Å². The smallest absolute Gasteiger partial charge is 0.275 e. The molecule has 0 aromatic carbocycles. The summed E-state index contributed by atoms with van der Waals surface area (Å²) in [4.78, 5) is 14.5. The highest BCUT2D eigenvalue weighted by molar-refractivity contribution is 6.99. The van der Waals surface area contributed by atoms with Crippen molar-refractivity contribution < 1.29 is 4.79 Å². The number of piperidine rings is 1. The summed E-state index contributed by atoms with van der Waals surface area (Å²) < 4.78 is 8.02. The van der Waals surface area contributed by atoms with Crippen LogP contribution in [0.3, 0.4) is 0 Å². The van der Waals surface area contributed by atoms with Gasteiger partial charge in [0.1, 0.15) is 0 Å². The number of fused-ring (bicyclic) bond motifs is 1. The second kappa shape index (κ2) is 4.96. The van der Waals surface area contributed by atoms with Gasteiger partial charge in [-0.05, 0) is 43.9 Å². The molecule has 1 aromatic rings. The Kier molecular flexibility index (Phi) is 3.33. The lowest BCUT2D eigenvalue weighted by atomic mass is 9.74. The molecule has 1 saturated heterocycles. The number of carbonyl (C=O) groups excluding carboxylic acids is 1. The SMILES string of the molecule is C[C@@H]1CC[C@@H]2[C@H](CCCN2C(=O)c2cnsn2)C1. The van der Waals surface area contributed by atoms with E-state index in [1.54, 1.807) is 6.20 Å². The average molecular weight is 265 g/mol. The Morgan fingerprint density at radius 3 is 3.11 bits per heavy atom. The van der Waals surface area contributed by atoms with Crippen LogP contribution in [0.15, 0.2) is 6.20 Å². The maximum absolute atomic E-state index is 12.4. The van der Waals surface area contributed by atoms with Gasteiger partial charge in [-0.1, -0.05) is 6.92 Å². The van der Waals surface area contributed by atoms with E-state index in [9.17, 15) is 4.79 Å². The highest BCUT2D eigenvalue weighted by Gasteiger charge is 2.38. The summed E-state index contributed by atoms with van der Waals surface area (Å²) in [6.07, 6.45) is 7.71. The Morgan fingerprint density at radius 1 is 1.44 bits per heavy atom. The Balaban J connectivity index is 1.77. The third-order valence-corrected chi connectivity index (χ3v) is 4.90. The van der Waals surface area contributed by atoms with Gasteiger partial charge in [0, 0.05) is 12.6 Å². The largest absolute Gasteiger partial charge is 0.334 e. The third-order valence-electron chi connectivity index (χ3n) is 4.42. The number of nitrogens with zero attached hydrogens (tertiary/aromatic N) is 3. The van der Waals surface area contributed by atoms with Gasteiger partial charge in [-0.2, -0.15) is 8.75 Å². The summed E-state index contributed by atoms with van der Waals surface area (Å²) in [6.45, 7) is 3.23. The van der Waals surface area contributed by atoms with Gasteiger partial charge in [0.05, 0.1) is 17.9 Å². The van der Waals surface area contributed by atoms with Crippen molar-refractivity contribution in [3.05, 3.63) is 11.9 Å². The Bertz CT molecular complexity index is 420. The average Bonchev–Trinajstić information content (AvgIpc) is 2.90. The third kappa shape index (κ3) is 2.16. The van der Waals surface area contributed by atoms with Crippen LogP contribution in [0.2, 0.25) is 0 Å². The maximum Gasteiger partial charge on any atom is 0.275 e. The zero-order valence-electron chi connectivity index (χ0n) is 10.7. The lowest BCUT2D eigenvalue weighted by Gasteiger charge is -2.45. The van der Waals surface area contributed by atoms with E-state index in [0.717, 1.165) is 37.0 Å². The van der Waals surface area contributed by atoms with E-state index < -0.39 is 0 Å². The summed E-state index contributed by atoms with van der Waals surface area (Å²) >= 11 is 1.11. The molecule has 0 N–H and O–H groups in total. The van der Waals surface area contributed by atoms with Crippen molar-refractivity contribution in [2.24, 2.45) is 11.8 Å². The second-order valence-corrected chi connectivity index (χ2v) is 6.24. The lowest BCUT2D eigenvalue weighted by molar-refractivity contribution is 0.0318. The van der Waals surface area contributed by atoms with Crippen molar-refractivity contribution in [2.45, 2.75) is 45.1 Å². The first-order chi connectivity index (χ1) is 8.75. The molecular weight excluding hydrogens is 246 g/mol. The summed E-state index contributed by atoms with van der Waals surface area (Å²) in [5.74, 6) is 1.62. The molecule has 0 bridgehead atoms. The Labute approximate surface area is 112 Å². The molecular formula is C13H19N3OS. The zero-order valence-corrected chi connectivity index (χ0v) is 11.5. The number of carbonyl (C=O) groups is 1. The highest BCUT2D eigenvalue weighted by Crippen LogP contribution is 2.38. The molecule has 1 saturated carbocycles. The minimum Gasteiger partial charge on any atom is -0.334 e. The molecule has 0 unspecified atom stereocenters. The number of likely N-dealkylation sites (tertiary alicyclic amines) is 1. The predicted molar refractivity (Wildman–Crippen MR) is 70.5 cm³/mol. The van der Waals surface area contributed by atoms with Crippen molar-refractivity contribution in [3.8, 4) is 0 Å². The number of hydrogen-bond donors (Lipinski definition) is 0. The highest BCUT2D eigenvalue weighted by atomic mass is 32.1. The molecule has 3 rings (SSSR count). The van der Waals surface area contributed by atoms with Crippen LogP contribution in [-0.2, 0) is 0 Å². The molecule has 4 nitrogen and oxygen atoms in total. The molecule has 2 fully saturated rings. The number of aromatic nitrogens is 2. The minimum absolute atomic E-state index is 0.0907. The van der Waals surface area contributed by atoms with Gasteiger partial charge in [-0.3, -0.25) is 4.79 Å². The van der Waals surface area contributed by atoms with Crippen LogP contribution >= 0.6 is 11.7 Å². The number of amides is 1. The summed E-state index contributed by atoms with van der Waals surface area (Å²) in [5, 5.41) is 0. The first-order valence-corrected chi connectivity index (χ1v) is 7.57. The molecule has 1 aromatic heterocycles. The predicted octanol–water partition coefficient (Wildman–Crippen LogP) is 2.58. The normalized spacial score (nSPS) is 32.1. The Hall–Kier alpha value is -0.970. The summed E-state index contributed by atoms with van der Waals surface area (Å²) in [6, 6.07) is 0.448. The van der Waals surface area contributed by atoms with Gasteiger partial charge in [0.25, 0.3) is 5.91 Å². The summed E-state index contributed by atoms with van der Waals surface area (Å²) in [5.41, 5.74) is 0.527. The first kappa shape index (κ1) is 12.1. The van der Waals surface area contributed by atoms with Gasteiger partial charge in [0.15, 0.2) is 5.69 Å². The van der Waals surface area contributed by atoms with Crippen LogP contribution in [0.1, 0.15) is 49.5 Å². The zero-order chi connectivity index (χ0) is 12.5. The van der Waals surface area contributed by atoms with E-state index in [4.69, 9.17) is 0 Å². The molecule has 98 valence electrons. The Morgan fingerprint density at radius 2 is 2.33 bits per heavy atom. The maximum atomic E-state index is 12.4. The van der Waals surface area contributed by atoms with Gasteiger partial charge in [-0.25, -0.2) is 0 Å². The molecule has 0 radical (unpaired) electrons. The molecule has 1 aliphatic heterocycles. The molecule has 5 heteroatoms. The number of hydrogen-bond acceptors (Lipinski definition) is 4. The summed E-state index contributed by atoms with van der Waals surface area (Å²) in [7, 11) is 0. The molecule has 2 aliphatic rings. The number of rotatable bonds is 1. The van der Waals surface area contributed by atoms with Crippen LogP contribution in [0.5, 0.6) is 0 Å². The topological polar surface area (TPSA) is 46.1 Å².